The van der Waals surface area contributed by atoms with E-state index in [0.717, 1.165) is 12.1 Å². The molecule has 2 N–H and O–H groups in total. The van der Waals surface area contributed by atoms with E-state index in [1.165, 1.54) is 6.33 Å². The molecule has 1 aromatic heterocycles. The molecule has 0 spiro atoms. The quantitative estimate of drug-likeness (QED) is 0.877. The molecule has 6 nitrogen and oxygen atoms in total. The molecule has 0 aliphatic carbocycles. The molecular formula is C15H15N5O. The van der Waals surface area contributed by atoms with Crippen LogP contribution in [0.1, 0.15) is 29.4 Å². The second-order valence-corrected chi connectivity index (χ2v) is 4.36. The van der Waals surface area contributed by atoms with Crippen LogP contribution in [0.2, 0.25) is 0 Å². The summed E-state index contributed by atoms with van der Waals surface area (Å²) in [5.74, 6) is 0.304. The number of nitriles is 1. The highest BCUT2D eigenvalue weighted by molar-refractivity contribution is 5.92. The Labute approximate surface area is 122 Å². The Bertz CT molecular complexity index is 661. The summed E-state index contributed by atoms with van der Waals surface area (Å²) >= 11 is 0. The van der Waals surface area contributed by atoms with Gasteiger partial charge in [0.15, 0.2) is 0 Å². The standard InChI is InChI=1S/C15H15N5O/c1-2-7-17-15(21)13-8-14(19-10-18-13)20-12-5-3-11(9-16)4-6-12/h3-6,8,10H,2,7H2,1H3,(H,17,21)(H,18,19,20). The maximum absolute atomic E-state index is 11.8. The zero-order chi connectivity index (χ0) is 15.1. The molecule has 1 aromatic carbocycles. The average molecular weight is 281 g/mol. The minimum Gasteiger partial charge on any atom is -0.351 e. The first-order valence-electron chi connectivity index (χ1n) is 6.60. The fourth-order valence-corrected chi connectivity index (χ4v) is 1.65. The number of nitrogens with zero attached hydrogens (tertiary/aromatic N) is 3. The van der Waals surface area contributed by atoms with Gasteiger partial charge in [-0.15, -0.1) is 0 Å². The van der Waals surface area contributed by atoms with Gasteiger partial charge in [0.05, 0.1) is 11.6 Å². The molecule has 0 saturated heterocycles. The van der Waals surface area contributed by atoms with Crippen molar-refractivity contribution in [3.63, 3.8) is 0 Å². The van der Waals surface area contributed by atoms with Crippen LogP contribution in [0.4, 0.5) is 11.5 Å². The Morgan fingerprint density at radius 3 is 2.71 bits per heavy atom. The van der Waals surface area contributed by atoms with Crippen molar-refractivity contribution in [1.82, 2.24) is 15.3 Å². The molecule has 106 valence electrons. The second-order valence-electron chi connectivity index (χ2n) is 4.36. The van der Waals surface area contributed by atoms with Crippen LogP contribution in [-0.2, 0) is 0 Å². The molecule has 21 heavy (non-hydrogen) atoms. The van der Waals surface area contributed by atoms with E-state index in [0.29, 0.717) is 23.6 Å². The minimum atomic E-state index is -0.220. The van der Waals surface area contributed by atoms with E-state index in [1.54, 1.807) is 30.3 Å². The summed E-state index contributed by atoms with van der Waals surface area (Å²) in [5, 5.41) is 14.6. The van der Waals surface area contributed by atoms with Crippen molar-refractivity contribution in [3.8, 4) is 6.07 Å². The average Bonchev–Trinajstić information content (AvgIpc) is 2.53. The number of amides is 1. The Kier molecular flexibility index (Phi) is 4.83. The highest BCUT2D eigenvalue weighted by Gasteiger charge is 2.07. The monoisotopic (exact) mass is 281 g/mol. The van der Waals surface area contributed by atoms with E-state index in [-0.39, 0.29) is 5.91 Å². The van der Waals surface area contributed by atoms with Gasteiger partial charge >= 0.3 is 0 Å². The Morgan fingerprint density at radius 2 is 2.05 bits per heavy atom. The molecule has 0 saturated carbocycles. The molecule has 0 atom stereocenters. The first kappa shape index (κ1) is 14.5. The molecule has 0 radical (unpaired) electrons. The number of rotatable bonds is 5. The van der Waals surface area contributed by atoms with Crippen LogP contribution in [0.15, 0.2) is 36.7 Å². The molecule has 0 aliphatic rings. The molecule has 0 unspecified atom stereocenters. The van der Waals surface area contributed by atoms with E-state index in [2.05, 4.69) is 26.7 Å². The third kappa shape index (κ3) is 4.01. The first-order valence-corrected chi connectivity index (χ1v) is 6.60. The van der Waals surface area contributed by atoms with Gasteiger partial charge in [-0.25, -0.2) is 9.97 Å². The van der Waals surface area contributed by atoms with Crippen LogP contribution < -0.4 is 10.6 Å². The number of anilines is 2. The van der Waals surface area contributed by atoms with E-state index < -0.39 is 0 Å². The second kappa shape index (κ2) is 7.01. The molecular weight excluding hydrogens is 266 g/mol. The third-order valence-corrected chi connectivity index (χ3v) is 2.72. The lowest BCUT2D eigenvalue weighted by Gasteiger charge is -2.07. The number of carbonyl (C=O) groups is 1. The van der Waals surface area contributed by atoms with E-state index in [4.69, 9.17) is 5.26 Å². The number of aromatic nitrogens is 2. The van der Waals surface area contributed by atoms with Gasteiger partial charge in [-0.05, 0) is 30.7 Å². The lowest BCUT2D eigenvalue weighted by Crippen LogP contribution is -2.25. The van der Waals surface area contributed by atoms with Crippen molar-refractivity contribution in [1.29, 1.82) is 5.26 Å². The number of hydrogen-bond acceptors (Lipinski definition) is 5. The Hall–Kier alpha value is -2.94. The molecule has 2 rings (SSSR count). The largest absolute Gasteiger partial charge is 0.351 e. The summed E-state index contributed by atoms with van der Waals surface area (Å²) in [6.45, 7) is 2.60. The first-order chi connectivity index (χ1) is 10.2. The number of nitrogens with one attached hydrogen (secondary N) is 2. The highest BCUT2D eigenvalue weighted by atomic mass is 16.1. The zero-order valence-electron chi connectivity index (χ0n) is 11.6. The van der Waals surface area contributed by atoms with Gasteiger partial charge in [-0.1, -0.05) is 6.92 Å². The zero-order valence-corrected chi connectivity index (χ0v) is 11.6. The van der Waals surface area contributed by atoms with Crippen LogP contribution in [0.5, 0.6) is 0 Å². The van der Waals surface area contributed by atoms with Crippen molar-refractivity contribution in [2.24, 2.45) is 0 Å². The van der Waals surface area contributed by atoms with Crippen LogP contribution in [0.3, 0.4) is 0 Å². The predicted octanol–water partition coefficient (Wildman–Crippen LogP) is 2.23. The lowest BCUT2D eigenvalue weighted by molar-refractivity contribution is 0.0948. The molecule has 0 fully saturated rings. The molecule has 1 heterocycles. The maximum atomic E-state index is 11.8. The predicted molar refractivity (Wildman–Crippen MR) is 79.1 cm³/mol. The van der Waals surface area contributed by atoms with Gasteiger partial charge in [0.25, 0.3) is 5.91 Å². The number of benzene rings is 1. The van der Waals surface area contributed by atoms with Crippen LogP contribution in [0.25, 0.3) is 0 Å². The van der Waals surface area contributed by atoms with Crippen molar-refractivity contribution < 1.29 is 4.79 Å². The highest BCUT2D eigenvalue weighted by Crippen LogP contribution is 2.15. The van der Waals surface area contributed by atoms with Crippen molar-refractivity contribution in [2.75, 3.05) is 11.9 Å². The topological polar surface area (TPSA) is 90.7 Å². The maximum Gasteiger partial charge on any atom is 0.270 e. The van der Waals surface area contributed by atoms with E-state index in [9.17, 15) is 4.79 Å². The van der Waals surface area contributed by atoms with Crippen molar-refractivity contribution in [2.45, 2.75) is 13.3 Å². The smallest absolute Gasteiger partial charge is 0.270 e. The SMILES string of the molecule is CCCNC(=O)c1cc(Nc2ccc(C#N)cc2)ncn1. The fourth-order valence-electron chi connectivity index (χ4n) is 1.65. The van der Waals surface area contributed by atoms with E-state index in [1.807, 2.05) is 6.92 Å². The fraction of sp³-hybridized carbons (Fsp3) is 0.200. The lowest BCUT2D eigenvalue weighted by atomic mass is 10.2. The van der Waals surface area contributed by atoms with Crippen LogP contribution in [-0.4, -0.2) is 22.4 Å². The Balaban J connectivity index is 2.10. The molecule has 0 aliphatic heterocycles. The van der Waals surface area contributed by atoms with Crippen molar-refractivity contribution >= 4 is 17.4 Å². The molecule has 2 aromatic rings. The van der Waals surface area contributed by atoms with Gasteiger partial charge in [0.1, 0.15) is 17.8 Å². The van der Waals surface area contributed by atoms with Gasteiger partial charge in [0, 0.05) is 18.3 Å². The molecule has 6 heteroatoms. The van der Waals surface area contributed by atoms with Crippen LogP contribution in [0, 0.1) is 11.3 Å². The number of hydrogen-bond donors (Lipinski definition) is 2. The van der Waals surface area contributed by atoms with Crippen LogP contribution >= 0.6 is 0 Å². The third-order valence-electron chi connectivity index (χ3n) is 2.72. The molecule has 0 bridgehead atoms. The number of carbonyl (C=O) groups excluding carboxylic acids is 1. The van der Waals surface area contributed by atoms with Gasteiger partial charge in [-0.2, -0.15) is 5.26 Å². The summed E-state index contributed by atoms with van der Waals surface area (Å²) in [5.41, 5.74) is 1.69. The summed E-state index contributed by atoms with van der Waals surface area (Å²) in [6.07, 6.45) is 2.21. The normalized spacial score (nSPS) is 9.71. The summed E-state index contributed by atoms with van der Waals surface area (Å²) in [4.78, 5) is 19.9. The van der Waals surface area contributed by atoms with E-state index >= 15 is 0 Å². The summed E-state index contributed by atoms with van der Waals surface area (Å²) in [6, 6.07) is 10.6. The Morgan fingerprint density at radius 1 is 1.29 bits per heavy atom. The minimum absolute atomic E-state index is 0.220. The molecule has 1 amide bonds. The summed E-state index contributed by atoms with van der Waals surface area (Å²) < 4.78 is 0. The summed E-state index contributed by atoms with van der Waals surface area (Å²) in [7, 11) is 0. The van der Waals surface area contributed by atoms with Gasteiger partial charge in [-0.3, -0.25) is 4.79 Å². The van der Waals surface area contributed by atoms with Crippen molar-refractivity contribution in [3.05, 3.63) is 47.9 Å². The van der Waals surface area contributed by atoms with Gasteiger partial charge < -0.3 is 10.6 Å². The van der Waals surface area contributed by atoms with Gasteiger partial charge in [0.2, 0.25) is 0 Å².